The molecule has 0 aliphatic heterocycles. The number of nitrogens with one attached hydrogen (secondary N) is 1. The van der Waals surface area contributed by atoms with Crippen LogP contribution < -0.4 is 5.32 Å². The minimum absolute atomic E-state index is 0.0402. The quantitative estimate of drug-likeness (QED) is 0.642. The molecule has 150 valence electrons. The molecule has 2 rings (SSSR count). The zero-order valence-corrected chi connectivity index (χ0v) is 18.0. The van der Waals surface area contributed by atoms with E-state index in [2.05, 4.69) is 19.2 Å². The number of nitrogens with zero attached hydrogens (tertiary/aromatic N) is 1. The maximum absolute atomic E-state index is 13.0. The van der Waals surface area contributed by atoms with Gasteiger partial charge in [0.15, 0.2) is 0 Å². The highest BCUT2D eigenvalue weighted by Crippen LogP contribution is 2.20. The van der Waals surface area contributed by atoms with Gasteiger partial charge in [0.1, 0.15) is 6.04 Å². The zero-order valence-electron chi connectivity index (χ0n) is 17.1. The van der Waals surface area contributed by atoms with Crippen LogP contribution in [0.4, 0.5) is 0 Å². The number of carbonyl (C=O) groups excluding carboxylic acids is 2. The van der Waals surface area contributed by atoms with Crippen LogP contribution in [0.3, 0.4) is 0 Å². The van der Waals surface area contributed by atoms with Crippen molar-refractivity contribution in [2.75, 3.05) is 12.3 Å². The second-order valence-electron chi connectivity index (χ2n) is 7.42. The molecule has 2 aromatic rings. The van der Waals surface area contributed by atoms with E-state index >= 15 is 0 Å². The number of hydrogen-bond donors (Lipinski definition) is 1. The molecule has 4 nitrogen and oxygen atoms in total. The molecule has 2 aromatic carbocycles. The summed E-state index contributed by atoms with van der Waals surface area (Å²) in [5, 5.41) is 2.94. The van der Waals surface area contributed by atoms with Gasteiger partial charge in [-0.05, 0) is 37.5 Å². The highest BCUT2D eigenvalue weighted by atomic mass is 32.2. The van der Waals surface area contributed by atoms with Crippen molar-refractivity contribution in [2.24, 2.45) is 5.92 Å². The average Bonchev–Trinajstić information content (AvgIpc) is 2.69. The van der Waals surface area contributed by atoms with Crippen LogP contribution in [0.5, 0.6) is 0 Å². The first-order valence-corrected chi connectivity index (χ1v) is 10.7. The lowest BCUT2D eigenvalue weighted by molar-refractivity contribution is -0.138. The lowest BCUT2D eigenvalue weighted by Gasteiger charge is -2.29. The molecule has 1 atom stereocenters. The number of thioether (sulfide) groups is 1. The lowest BCUT2D eigenvalue weighted by atomic mass is 10.1. The predicted molar refractivity (Wildman–Crippen MR) is 116 cm³/mol. The highest BCUT2D eigenvalue weighted by Gasteiger charge is 2.26. The maximum atomic E-state index is 13.0. The van der Waals surface area contributed by atoms with Crippen molar-refractivity contribution in [1.82, 2.24) is 10.2 Å². The fourth-order valence-electron chi connectivity index (χ4n) is 2.68. The van der Waals surface area contributed by atoms with Crippen molar-refractivity contribution in [3.63, 3.8) is 0 Å². The number of benzene rings is 2. The third-order valence-corrected chi connectivity index (χ3v) is 5.43. The molecule has 1 unspecified atom stereocenters. The summed E-state index contributed by atoms with van der Waals surface area (Å²) in [6.07, 6.45) is 0. The molecule has 0 radical (unpaired) electrons. The predicted octanol–water partition coefficient (Wildman–Crippen LogP) is 4.28. The van der Waals surface area contributed by atoms with E-state index in [0.717, 1.165) is 10.5 Å². The van der Waals surface area contributed by atoms with Crippen LogP contribution in [-0.4, -0.2) is 35.1 Å². The standard InChI is InChI=1S/C23H30N2O2S/c1-17(2)14-24-23(27)19(4)25(15-20-8-6-5-7-9-20)22(26)16-28-21-12-10-18(3)11-13-21/h5-13,17,19H,14-16H2,1-4H3,(H,24,27). The molecule has 0 saturated heterocycles. The van der Waals surface area contributed by atoms with Crippen LogP contribution in [0.1, 0.15) is 31.9 Å². The van der Waals surface area contributed by atoms with E-state index in [9.17, 15) is 9.59 Å². The van der Waals surface area contributed by atoms with Crippen LogP contribution in [-0.2, 0) is 16.1 Å². The van der Waals surface area contributed by atoms with Crippen LogP contribution in [0.15, 0.2) is 59.5 Å². The second kappa shape index (κ2) is 10.9. The number of rotatable bonds is 9. The summed E-state index contributed by atoms with van der Waals surface area (Å²) < 4.78 is 0. The molecular formula is C23H30N2O2S. The molecule has 0 fully saturated rings. The summed E-state index contributed by atoms with van der Waals surface area (Å²) in [4.78, 5) is 28.3. The van der Waals surface area contributed by atoms with E-state index in [1.807, 2.05) is 61.5 Å². The zero-order chi connectivity index (χ0) is 20.5. The van der Waals surface area contributed by atoms with Crippen molar-refractivity contribution in [3.05, 3.63) is 65.7 Å². The minimum Gasteiger partial charge on any atom is -0.354 e. The van der Waals surface area contributed by atoms with E-state index in [1.54, 1.807) is 11.8 Å². The lowest BCUT2D eigenvalue weighted by Crippen LogP contribution is -2.48. The highest BCUT2D eigenvalue weighted by molar-refractivity contribution is 8.00. The molecule has 0 heterocycles. The molecule has 2 amide bonds. The third kappa shape index (κ3) is 7.04. The Morgan fingerprint density at radius 2 is 1.64 bits per heavy atom. The van der Waals surface area contributed by atoms with Gasteiger partial charge in [0.25, 0.3) is 0 Å². The van der Waals surface area contributed by atoms with Gasteiger partial charge in [-0.15, -0.1) is 11.8 Å². The number of hydrogen-bond acceptors (Lipinski definition) is 3. The Morgan fingerprint density at radius 1 is 1.00 bits per heavy atom. The molecule has 1 N–H and O–H groups in total. The summed E-state index contributed by atoms with van der Waals surface area (Å²) in [5.74, 6) is 0.518. The summed E-state index contributed by atoms with van der Waals surface area (Å²) in [5.41, 5.74) is 2.21. The first kappa shape index (κ1) is 22.0. The van der Waals surface area contributed by atoms with E-state index in [0.29, 0.717) is 24.8 Å². The fraction of sp³-hybridized carbons (Fsp3) is 0.391. The molecule has 0 spiro atoms. The Labute approximate surface area is 172 Å². The van der Waals surface area contributed by atoms with Crippen LogP contribution in [0.2, 0.25) is 0 Å². The van der Waals surface area contributed by atoms with Crippen molar-refractivity contribution < 1.29 is 9.59 Å². The molecule has 5 heteroatoms. The smallest absolute Gasteiger partial charge is 0.242 e. The molecule has 0 bridgehead atoms. The first-order chi connectivity index (χ1) is 13.4. The topological polar surface area (TPSA) is 49.4 Å². The average molecular weight is 399 g/mol. The van der Waals surface area contributed by atoms with Gasteiger partial charge in [0, 0.05) is 18.0 Å². The fourth-order valence-corrected chi connectivity index (χ4v) is 3.46. The third-order valence-electron chi connectivity index (χ3n) is 4.43. The monoisotopic (exact) mass is 398 g/mol. The second-order valence-corrected chi connectivity index (χ2v) is 8.47. The summed E-state index contributed by atoms with van der Waals surface area (Å²) in [6, 6.07) is 17.4. The van der Waals surface area contributed by atoms with Gasteiger partial charge in [0.05, 0.1) is 5.75 Å². The molecule has 28 heavy (non-hydrogen) atoms. The van der Waals surface area contributed by atoms with Crippen molar-refractivity contribution in [1.29, 1.82) is 0 Å². The van der Waals surface area contributed by atoms with Gasteiger partial charge in [-0.1, -0.05) is 61.9 Å². The van der Waals surface area contributed by atoms with Gasteiger partial charge < -0.3 is 10.2 Å². The van der Waals surface area contributed by atoms with Crippen LogP contribution >= 0.6 is 11.8 Å². The van der Waals surface area contributed by atoms with Crippen molar-refractivity contribution in [3.8, 4) is 0 Å². The molecule has 0 aromatic heterocycles. The Morgan fingerprint density at radius 3 is 2.25 bits per heavy atom. The SMILES string of the molecule is Cc1ccc(SCC(=O)N(Cc2ccccc2)C(C)C(=O)NCC(C)C)cc1. The maximum Gasteiger partial charge on any atom is 0.242 e. The Kier molecular flexibility index (Phi) is 8.58. The number of amides is 2. The van der Waals surface area contributed by atoms with Crippen molar-refractivity contribution >= 4 is 23.6 Å². The summed E-state index contributed by atoms with van der Waals surface area (Å²) in [6.45, 7) is 8.97. The normalized spacial score (nSPS) is 11.9. The van der Waals surface area contributed by atoms with E-state index in [-0.39, 0.29) is 11.8 Å². The number of aryl methyl sites for hydroxylation is 1. The van der Waals surface area contributed by atoms with E-state index < -0.39 is 6.04 Å². The molecule has 0 aliphatic carbocycles. The Bertz CT molecular complexity index is 760. The molecule has 0 saturated carbocycles. The van der Waals surface area contributed by atoms with Gasteiger partial charge >= 0.3 is 0 Å². The minimum atomic E-state index is -0.523. The largest absolute Gasteiger partial charge is 0.354 e. The van der Waals surface area contributed by atoms with Crippen LogP contribution in [0, 0.1) is 12.8 Å². The van der Waals surface area contributed by atoms with E-state index in [1.165, 1.54) is 17.3 Å². The first-order valence-electron chi connectivity index (χ1n) is 9.67. The summed E-state index contributed by atoms with van der Waals surface area (Å²) in [7, 11) is 0. The van der Waals surface area contributed by atoms with Gasteiger partial charge in [-0.2, -0.15) is 0 Å². The van der Waals surface area contributed by atoms with Crippen LogP contribution in [0.25, 0.3) is 0 Å². The van der Waals surface area contributed by atoms with Crippen molar-refractivity contribution in [2.45, 2.75) is 45.2 Å². The Hall–Kier alpha value is -2.27. The summed E-state index contributed by atoms with van der Waals surface area (Å²) >= 11 is 1.50. The van der Waals surface area contributed by atoms with E-state index in [4.69, 9.17) is 0 Å². The van der Waals surface area contributed by atoms with Gasteiger partial charge in [0.2, 0.25) is 11.8 Å². The molecule has 0 aliphatic rings. The van der Waals surface area contributed by atoms with Gasteiger partial charge in [-0.3, -0.25) is 9.59 Å². The molecular weight excluding hydrogens is 368 g/mol. The van der Waals surface area contributed by atoms with Gasteiger partial charge in [-0.25, -0.2) is 0 Å². The number of carbonyl (C=O) groups is 2. The Balaban J connectivity index is 2.08.